The number of aliphatic carboxylic acids is 1. The molecule has 5 heteroatoms. The van der Waals surface area contributed by atoms with Gasteiger partial charge in [0.05, 0.1) is 5.56 Å². The molecule has 0 saturated carbocycles. The first-order chi connectivity index (χ1) is 7.80. The molecule has 90 valence electrons. The van der Waals surface area contributed by atoms with Gasteiger partial charge in [0.1, 0.15) is 11.4 Å². The number of rotatable bonds is 2. The van der Waals surface area contributed by atoms with Gasteiger partial charge in [0.15, 0.2) is 0 Å². The van der Waals surface area contributed by atoms with Crippen molar-refractivity contribution < 1.29 is 19.4 Å². The fourth-order valence-electron chi connectivity index (χ4n) is 1.96. The first-order valence-corrected chi connectivity index (χ1v) is 5.88. The van der Waals surface area contributed by atoms with Crippen molar-refractivity contribution in [2.45, 2.75) is 25.9 Å². The summed E-state index contributed by atoms with van der Waals surface area (Å²) in [6.45, 7) is 3.80. The minimum Gasteiger partial charge on any atom is -0.486 e. The topological polar surface area (TPSA) is 63.6 Å². The normalized spacial score (nSPS) is 16.2. The Labute approximate surface area is 107 Å². The number of fused-ring (bicyclic) bond motifs is 1. The standard InChI is InChI=1S/C12H11BrO4/c1-12(2)5-6-3-7(13)4-8(10(6)17-12)9(14)11(15)16/h3-4H,5H2,1-2H3,(H,15,16). The van der Waals surface area contributed by atoms with E-state index in [0.717, 1.165) is 5.56 Å². The van der Waals surface area contributed by atoms with Crippen molar-refractivity contribution >= 4 is 27.7 Å². The van der Waals surface area contributed by atoms with Crippen LogP contribution in [0.5, 0.6) is 5.75 Å². The lowest BCUT2D eigenvalue weighted by Crippen LogP contribution is -2.25. The molecular formula is C12H11BrO4. The molecule has 0 radical (unpaired) electrons. The molecule has 1 N–H and O–H groups in total. The third kappa shape index (κ3) is 2.20. The number of carbonyl (C=O) groups is 2. The summed E-state index contributed by atoms with van der Waals surface area (Å²) in [6, 6.07) is 3.33. The Hall–Kier alpha value is -1.36. The zero-order chi connectivity index (χ0) is 12.8. The predicted octanol–water partition coefficient (Wildman–Crippen LogP) is 2.43. The van der Waals surface area contributed by atoms with Crippen LogP contribution in [0.2, 0.25) is 0 Å². The summed E-state index contributed by atoms with van der Waals surface area (Å²) in [7, 11) is 0. The summed E-state index contributed by atoms with van der Waals surface area (Å²) in [5.41, 5.74) is 0.554. The van der Waals surface area contributed by atoms with Gasteiger partial charge in [-0.2, -0.15) is 0 Å². The number of hydrogen-bond acceptors (Lipinski definition) is 3. The molecule has 0 aromatic heterocycles. The zero-order valence-electron chi connectivity index (χ0n) is 9.41. The van der Waals surface area contributed by atoms with Crippen molar-refractivity contribution in [3.63, 3.8) is 0 Å². The average molecular weight is 299 g/mol. The van der Waals surface area contributed by atoms with E-state index in [4.69, 9.17) is 9.84 Å². The average Bonchev–Trinajstić information content (AvgIpc) is 2.49. The van der Waals surface area contributed by atoms with Crippen LogP contribution in [0, 0.1) is 0 Å². The second-order valence-electron chi connectivity index (χ2n) is 4.61. The summed E-state index contributed by atoms with van der Waals surface area (Å²) < 4.78 is 6.33. The molecule has 0 fully saturated rings. The van der Waals surface area contributed by atoms with Gasteiger partial charge < -0.3 is 9.84 Å². The number of ketones is 1. The number of halogens is 1. The predicted molar refractivity (Wildman–Crippen MR) is 64.5 cm³/mol. The maximum atomic E-state index is 11.6. The lowest BCUT2D eigenvalue weighted by molar-refractivity contribution is -0.131. The van der Waals surface area contributed by atoms with Crippen LogP contribution >= 0.6 is 15.9 Å². The van der Waals surface area contributed by atoms with Gasteiger partial charge in [-0.25, -0.2) is 4.79 Å². The smallest absolute Gasteiger partial charge is 0.377 e. The lowest BCUT2D eigenvalue weighted by atomic mass is 9.99. The number of carboxylic acids is 1. The van der Waals surface area contributed by atoms with Crippen LogP contribution in [0.4, 0.5) is 0 Å². The van der Waals surface area contributed by atoms with Gasteiger partial charge in [-0.15, -0.1) is 0 Å². The first kappa shape index (κ1) is 12.1. The SMILES string of the molecule is CC1(C)Cc2cc(Br)cc(C(=O)C(=O)O)c2O1. The van der Waals surface area contributed by atoms with Crippen molar-refractivity contribution in [2.24, 2.45) is 0 Å². The maximum absolute atomic E-state index is 11.6. The molecule has 0 atom stereocenters. The lowest BCUT2D eigenvalue weighted by Gasteiger charge is -2.17. The summed E-state index contributed by atoms with van der Waals surface area (Å²) >= 11 is 3.27. The maximum Gasteiger partial charge on any atom is 0.377 e. The Kier molecular flexibility index (Phi) is 2.73. The van der Waals surface area contributed by atoms with E-state index >= 15 is 0 Å². The molecule has 0 amide bonds. The molecule has 1 aromatic carbocycles. The summed E-state index contributed by atoms with van der Waals surface area (Å²) in [5.74, 6) is -2.02. The monoisotopic (exact) mass is 298 g/mol. The highest BCUT2D eigenvalue weighted by Crippen LogP contribution is 2.39. The van der Waals surface area contributed by atoms with Crippen LogP contribution in [0.1, 0.15) is 29.8 Å². The summed E-state index contributed by atoms with van der Waals surface area (Å²) in [6.07, 6.45) is 0.654. The van der Waals surface area contributed by atoms with E-state index in [2.05, 4.69) is 15.9 Å². The summed E-state index contributed by atoms with van der Waals surface area (Å²) in [5, 5.41) is 8.77. The van der Waals surface area contributed by atoms with Crippen molar-refractivity contribution in [3.05, 3.63) is 27.7 Å². The van der Waals surface area contributed by atoms with Crippen LogP contribution in [0.25, 0.3) is 0 Å². The zero-order valence-corrected chi connectivity index (χ0v) is 11.0. The van der Waals surface area contributed by atoms with Crippen LogP contribution < -0.4 is 4.74 Å². The molecule has 1 aromatic rings. The van der Waals surface area contributed by atoms with Crippen molar-refractivity contribution in [3.8, 4) is 5.75 Å². The highest BCUT2D eigenvalue weighted by Gasteiger charge is 2.34. The van der Waals surface area contributed by atoms with E-state index in [1.165, 1.54) is 6.07 Å². The number of carboxylic acid groups (broad SMARTS) is 1. The van der Waals surface area contributed by atoms with Crippen molar-refractivity contribution in [2.75, 3.05) is 0 Å². The van der Waals surface area contributed by atoms with Gasteiger partial charge in [-0.1, -0.05) is 15.9 Å². The number of carbonyl (C=O) groups excluding carboxylic acids is 1. The Balaban J connectivity index is 2.56. The largest absolute Gasteiger partial charge is 0.486 e. The summed E-state index contributed by atoms with van der Waals surface area (Å²) in [4.78, 5) is 22.3. The molecule has 1 aliphatic heterocycles. The first-order valence-electron chi connectivity index (χ1n) is 5.09. The van der Waals surface area contributed by atoms with Gasteiger partial charge in [0.2, 0.25) is 0 Å². The third-order valence-electron chi connectivity index (χ3n) is 2.56. The number of hydrogen-bond donors (Lipinski definition) is 1. The Morgan fingerprint density at radius 1 is 1.41 bits per heavy atom. The molecule has 1 aliphatic rings. The molecule has 0 unspecified atom stereocenters. The van der Waals surface area contributed by atoms with E-state index in [9.17, 15) is 9.59 Å². The Bertz CT molecular complexity index is 519. The van der Waals surface area contributed by atoms with Crippen molar-refractivity contribution in [1.82, 2.24) is 0 Å². The van der Waals surface area contributed by atoms with Crippen LogP contribution in [0.3, 0.4) is 0 Å². The Morgan fingerprint density at radius 2 is 2.06 bits per heavy atom. The molecule has 17 heavy (non-hydrogen) atoms. The van der Waals surface area contributed by atoms with Crippen molar-refractivity contribution in [1.29, 1.82) is 0 Å². The molecular weight excluding hydrogens is 288 g/mol. The van der Waals surface area contributed by atoms with E-state index in [1.54, 1.807) is 0 Å². The second-order valence-corrected chi connectivity index (χ2v) is 5.53. The molecule has 0 saturated heterocycles. The minimum absolute atomic E-state index is 0.104. The highest BCUT2D eigenvalue weighted by molar-refractivity contribution is 9.10. The van der Waals surface area contributed by atoms with E-state index in [-0.39, 0.29) is 5.56 Å². The van der Waals surface area contributed by atoms with Crippen LogP contribution in [0.15, 0.2) is 16.6 Å². The van der Waals surface area contributed by atoms with Gasteiger partial charge in [-0.05, 0) is 31.5 Å². The minimum atomic E-state index is -1.47. The van der Waals surface area contributed by atoms with Gasteiger partial charge >= 0.3 is 5.97 Å². The van der Waals surface area contributed by atoms with Crippen LogP contribution in [-0.2, 0) is 11.2 Å². The van der Waals surface area contributed by atoms with Crippen LogP contribution in [-0.4, -0.2) is 22.5 Å². The molecule has 4 nitrogen and oxygen atoms in total. The molecule has 1 heterocycles. The van der Waals surface area contributed by atoms with Gasteiger partial charge in [0, 0.05) is 10.9 Å². The number of benzene rings is 1. The molecule has 0 spiro atoms. The van der Waals surface area contributed by atoms with E-state index in [1.807, 2.05) is 19.9 Å². The fourth-order valence-corrected chi connectivity index (χ4v) is 2.46. The fraction of sp³-hybridized carbons (Fsp3) is 0.333. The highest BCUT2D eigenvalue weighted by atomic mass is 79.9. The molecule has 0 aliphatic carbocycles. The Morgan fingerprint density at radius 3 is 2.65 bits per heavy atom. The second kappa shape index (κ2) is 3.84. The molecule has 0 bridgehead atoms. The number of ether oxygens (including phenoxy) is 1. The number of Topliss-reactive ketones (excluding diaryl/α,β-unsaturated/α-hetero) is 1. The van der Waals surface area contributed by atoms with E-state index in [0.29, 0.717) is 16.6 Å². The van der Waals surface area contributed by atoms with Gasteiger partial charge in [0.25, 0.3) is 5.78 Å². The van der Waals surface area contributed by atoms with Gasteiger partial charge in [-0.3, -0.25) is 4.79 Å². The third-order valence-corrected chi connectivity index (χ3v) is 3.02. The van der Waals surface area contributed by atoms with E-state index < -0.39 is 17.4 Å². The molecule has 2 rings (SSSR count). The quantitative estimate of drug-likeness (QED) is 0.673.